The van der Waals surface area contributed by atoms with Crippen molar-refractivity contribution in [1.29, 1.82) is 0 Å². The maximum absolute atomic E-state index is 5.99. The van der Waals surface area contributed by atoms with Crippen LogP contribution in [0.15, 0.2) is 24.3 Å². The van der Waals surface area contributed by atoms with Crippen LogP contribution in [0.25, 0.3) is 0 Å². The first-order valence-corrected chi connectivity index (χ1v) is 6.68. The van der Waals surface area contributed by atoms with Crippen LogP contribution in [0.4, 0.5) is 0 Å². The second kappa shape index (κ2) is 6.18. The fourth-order valence-corrected chi connectivity index (χ4v) is 2.60. The molecule has 2 rings (SSSR count). The lowest BCUT2D eigenvalue weighted by Crippen LogP contribution is -2.19. The highest BCUT2D eigenvalue weighted by molar-refractivity contribution is 5.24. The molecule has 2 N–H and O–H groups in total. The number of rotatable bonds is 5. The Hall–Kier alpha value is -0.860. The van der Waals surface area contributed by atoms with Gasteiger partial charge in [-0.3, -0.25) is 0 Å². The lowest BCUT2D eigenvalue weighted by molar-refractivity contribution is 0.0346. The van der Waals surface area contributed by atoms with E-state index < -0.39 is 0 Å². The lowest BCUT2D eigenvalue weighted by atomic mass is 10.1. The van der Waals surface area contributed by atoms with Gasteiger partial charge in [0.25, 0.3) is 0 Å². The predicted molar refractivity (Wildman–Crippen MR) is 70.9 cm³/mol. The standard InChI is InChI=1S/C15H23NO/c1-12-5-4-8-14(9-12)15(10-16)17-11-13-6-2-3-7-13/h4-5,8-9,13,15H,2-3,6-7,10-11,16H2,1H3. The van der Waals surface area contributed by atoms with E-state index in [0.717, 1.165) is 12.5 Å². The van der Waals surface area contributed by atoms with Gasteiger partial charge in [0.1, 0.15) is 0 Å². The van der Waals surface area contributed by atoms with Crippen molar-refractivity contribution in [3.8, 4) is 0 Å². The molecule has 0 radical (unpaired) electrons. The fraction of sp³-hybridized carbons (Fsp3) is 0.600. The summed E-state index contributed by atoms with van der Waals surface area (Å²) in [6.07, 6.45) is 5.45. The topological polar surface area (TPSA) is 35.2 Å². The Kier molecular flexibility index (Phi) is 4.57. The van der Waals surface area contributed by atoms with Crippen molar-refractivity contribution in [2.24, 2.45) is 11.7 Å². The van der Waals surface area contributed by atoms with Gasteiger partial charge in [0.05, 0.1) is 12.7 Å². The summed E-state index contributed by atoms with van der Waals surface area (Å²) in [7, 11) is 0. The van der Waals surface area contributed by atoms with Crippen molar-refractivity contribution in [2.45, 2.75) is 38.7 Å². The average molecular weight is 233 g/mol. The van der Waals surface area contributed by atoms with Gasteiger partial charge in [-0.1, -0.05) is 42.7 Å². The summed E-state index contributed by atoms with van der Waals surface area (Å²) in [4.78, 5) is 0. The third-order valence-corrected chi connectivity index (χ3v) is 3.64. The minimum atomic E-state index is 0.0653. The van der Waals surface area contributed by atoms with Gasteiger partial charge in [0.15, 0.2) is 0 Å². The van der Waals surface area contributed by atoms with Crippen LogP contribution in [0.3, 0.4) is 0 Å². The highest BCUT2D eigenvalue weighted by Gasteiger charge is 2.18. The Labute approximate surface area is 104 Å². The summed E-state index contributed by atoms with van der Waals surface area (Å²) >= 11 is 0. The molecule has 0 amide bonds. The van der Waals surface area contributed by atoms with Crippen LogP contribution in [0, 0.1) is 12.8 Å². The van der Waals surface area contributed by atoms with Gasteiger partial charge in [-0.05, 0) is 31.2 Å². The minimum Gasteiger partial charge on any atom is -0.372 e. The van der Waals surface area contributed by atoms with Crippen molar-refractivity contribution in [3.63, 3.8) is 0 Å². The van der Waals surface area contributed by atoms with E-state index >= 15 is 0 Å². The molecule has 0 bridgehead atoms. The fourth-order valence-electron chi connectivity index (χ4n) is 2.60. The molecule has 1 aliphatic carbocycles. The molecule has 1 atom stereocenters. The molecule has 1 aromatic carbocycles. The molecule has 0 heterocycles. The number of benzene rings is 1. The minimum absolute atomic E-state index is 0.0653. The largest absolute Gasteiger partial charge is 0.372 e. The van der Waals surface area contributed by atoms with E-state index in [-0.39, 0.29) is 6.10 Å². The number of aryl methyl sites for hydroxylation is 1. The van der Waals surface area contributed by atoms with Gasteiger partial charge in [0, 0.05) is 6.54 Å². The summed E-state index contributed by atoms with van der Waals surface area (Å²) < 4.78 is 5.99. The van der Waals surface area contributed by atoms with Crippen LogP contribution in [0.5, 0.6) is 0 Å². The molecule has 1 fully saturated rings. The maximum atomic E-state index is 5.99. The molecular formula is C15H23NO. The van der Waals surface area contributed by atoms with E-state index in [9.17, 15) is 0 Å². The molecule has 1 saturated carbocycles. The SMILES string of the molecule is Cc1cccc(C(CN)OCC2CCCC2)c1. The highest BCUT2D eigenvalue weighted by Crippen LogP contribution is 2.27. The zero-order chi connectivity index (χ0) is 12.1. The molecular weight excluding hydrogens is 210 g/mol. The van der Waals surface area contributed by atoms with Crippen LogP contribution in [-0.4, -0.2) is 13.2 Å². The molecule has 0 aliphatic heterocycles. The van der Waals surface area contributed by atoms with E-state index in [2.05, 4.69) is 31.2 Å². The molecule has 2 nitrogen and oxygen atoms in total. The monoisotopic (exact) mass is 233 g/mol. The first-order chi connectivity index (χ1) is 8.29. The summed E-state index contributed by atoms with van der Waals surface area (Å²) in [6.45, 7) is 3.54. The van der Waals surface area contributed by atoms with E-state index in [0.29, 0.717) is 6.54 Å². The van der Waals surface area contributed by atoms with Crippen LogP contribution in [0.1, 0.15) is 42.9 Å². The van der Waals surface area contributed by atoms with E-state index in [1.807, 2.05) is 0 Å². The van der Waals surface area contributed by atoms with Crippen molar-refractivity contribution in [1.82, 2.24) is 0 Å². The third kappa shape index (κ3) is 3.55. The maximum Gasteiger partial charge on any atom is 0.0947 e. The normalized spacial score (nSPS) is 18.5. The Bertz CT molecular complexity index is 345. The molecule has 2 heteroatoms. The van der Waals surface area contributed by atoms with Crippen molar-refractivity contribution < 1.29 is 4.74 Å². The molecule has 1 aromatic rings. The first-order valence-electron chi connectivity index (χ1n) is 6.68. The van der Waals surface area contributed by atoms with Gasteiger partial charge < -0.3 is 10.5 Å². The highest BCUT2D eigenvalue weighted by atomic mass is 16.5. The van der Waals surface area contributed by atoms with E-state index in [4.69, 9.17) is 10.5 Å². The molecule has 0 saturated heterocycles. The molecule has 1 aliphatic rings. The number of hydrogen-bond donors (Lipinski definition) is 1. The quantitative estimate of drug-likeness (QED) is 0.847. The zero-order valence-electron chi connectivity index (χ0n) is 10.7. The van der Waals surface area contributed by atoms with Crippen LogP contribution in [0.2, 0.25) is 0 Å². The van der Waals surface area contributed by atoms with Gasteiger partial charge in [-0.15, -0.1) is 0 Å². The zero-order valence-corrected chi connectivity index (χ0v) is 10.7. The van der Waals surface area contributed by atoms with Gasteiger partial charge in [-0.2, -0.15) is 0 Å². The van der Waals surface area contributed by atoms with Gasteiger partial charge >= 0.3 is 0 Å². The summed E-state index contributed by atoms with van der Waals surface area (Å²) in [5.41, 5.74) is 8.30. The smallest absolute Gasteiger partial charge is 0.0947 e. The Balaban J connectivity index is 1.91. The lowest BCUT2D eigenvalue weighted by Gasteiger charge is -2.19. The van der Waals surface area contributed by atoms with Gasteiger partial charge in [-0.25, -0.2) is 0 Å². The van der Waals surface area contributed by atoms with Crippen LogP contribution >= 0.6 is 0 Å². The molecule has 0 aromatic heterocycles. The van der Waals surface area contributed by atoms with Crippen LogP contribution in [-0.2, 0) is 4.74 Å². The van der Waals surface area contributed by atoms with E-state index in [1.165, 1.54) is 36.8 Å². The average Bonchev–Trinajstić information content (AvgIpc) is 2.83. The molecule has 17 heavy (non-hydrogen) atoms. The molecule has 0 spiro atoms. The molecule has 94 valence electrons. The summed E-state index contributed by atoms with van der Waals surface area (Å²) in [5, 5.41) is 0. The number of nitrogens with two attached hydrogens (primary N) is 1. The number of ether oxygens (including phenoxy) is 1. The van der Waals surface area contributed by atoms with Crippen molar-refractivity contribution >= 4 is 0 Å². The first kappa shape index (κ1) is 12.6. The number of hydrogen-bond acceptors (Lipinski definition) is 2. The second-order valence-electron chi connectivity index (χ2n) is 5.12. The van der Waals surface area contributed by atoms with Crippen molar-refractivity contribution in [2.75, 3.05) is 13.2 Å². The van der Waals surface area contributed by atoms with Crippen LogP contribution < -0.4 is 5.73 Å². The summed E-state index contributed by atoms with van der Waals surface area (Å²) in [5.74, 6) is 0.758. The Morgan fingerprint density at radius 1 is 1.35 bits per heavy atom. The van der Waals surface area contributed by atoms with Gasteiger partial charge in [0.2, 0.25) is 0 Å². The Morgan fingerprint density at radius 2 is 2.12 bits per heavy atom. The Morgan fingerprint density at radius 3 is 2.76 bits per heavy atom. The third-order valence-electron chi connectivity index (χ3n) is 3.64. The predicted octanol–water partition coefficient (Wildman–Crippen LogP) is 3.20. The van der Waals surface area contributed by atoms with E-state index in [1.54, 1.807) is 0 Å². The van der Waals surface area contributed by atoms with Crippen molar-refractivity contribution in [3.05, 3.63) is 35.4 Å². The summed E-state index contributed by atoms with van der Waals surface area (Å²) in [6, 6.07) is 8.46. The second-order valence-corrected chi connectivity index (χ2v) is 5.12. The molecule has 1 unspecified atom stereocenters.